The molecule has 0 saturated heterocycles. The van der Waals surface area contributed by atoms with Gasteiger partial charge in [0.25, 0.3) is 0 Å². The Hall–Kier alpha value is -2.85. The quantitative estimate of drug-likeness (QED) is 0.481. The summed E-state index contributed by atoms with van der Waals surface area (Å²) in [7, 11) is 0. The minimum absolute atomic E-state index is 0.643. The summed E-state index contributed by atoms with van der Waals surface area (Å²) >= 11 is 1.58. The standard InChI is InChI=1S/C20H13NO2S/c22-12-14-6-8-17-19(10-14)24-20-11-15(13-23)7-9-18(20)21(17)16-4-2-1-3-5-16/h1-13H. The molecule has 3 aromatic carbocycles. The molecule has 3 nitrogen and oxygen atoms in total. The van der Waals surface area contributed by atoms with Crippen molar-refractivity contribution in [1.29, 1.82) is 0 Å². The Labute approximate surface area is 143 Å². The van der Waals surface area contributed by atoms with E-state index >= 15 is 0 Å². The third-order valence-corrected chi connectivity index (χ3v) is 5.05. The lowest BCUT2D eigenvalue weighted by Gasteiger charge is -2.33. The number of hydrogen-bond acceptors (Lipinski definition) is 4. The first-order chi connectivity index (χ1) is 11.8. The van der Waals surface area contributed by atoms with E-state index in [-0.39, 0.29) is 0 Å². The van der Waals surface area contributed by atoms with Crippen LogP contribution in [0.25, 0.3) is 0 Å². The Morgan fingerprint density at radius 1 is 0.708 bits per heavy atom. The predicted octanol–water partition coefficient (Wildman–Crippen LogP) is 5.25. The van der Waals surface area contributed by atoms with Gasteiger partial charge in [0.15, 0.2) is 0 Å². The molecular formula is C20H13NO2S. The van der Waals surface area contributed by atoms with E-state index < -0.39 is 0 Å². The zero-order valence-electron chi connectivity index (χ0n) is 12.7. The first-order valence-electron chi connectivity index (χ1n) is 7.51. The number of hydrogen-bond donors (Lipinski definition) is 0. The fourth-order valence-electron chi connectivity index (χ4n) is 2.84. The second-order valence-electron chi connectivity index (χ2n) is 5.46. The maximum Gasteiger partial charge on any atom is 0.150 e. The molecule has 0 fully saturated rings. The SMILES string of the molecule is O=Cc1ccc2c(c1)Sc1cc(C=O)ccc1N2c1ccccc1. The van der Waals surface area contributed by atoms with Gasteiger partial charge in [0, 0.05) is 26.6 Å². The average molecular weight is 331 g/mol. The number of benzene rings is 3. The van der Waals surface area contributed by atoms with Gasteiger partial charge in [-0.15, -0.1) is 0 Å². The van der Waals surface area contributed by atoms with E-state index in [1.807, 2.05) is 66.7 Å². The van der Waals surface area contributed by atoms with Crippen LogP contribution in [0.3, 0.4) is 0 Å². The largest absolute Gasteiger partial charge is 0.308 e. The number of rotatable bonds is 3. The molecule has 1 aliphatic rings. The molecule has 4 heteroatoms. The Balaban J connectivity index is 1.95. The molecular weight excluding hydrogens is 318 g/mol. The molecule has 1 heterocycles. The maximum absolute atomic E-state index is 11.1. The molecule has 24 heavy (non-hydrogen) atoms. The van der Waals surface area contributed by atoms with Crippen LogP contribution in [0.2, 0.25) is 0 Å². The molecule has 0 radical (unpaired) electrons. The van der Waals surface area contributed by atoms with Gasteiger partial charge in [0.2, 0.25) is 0 Å². The van der Waals surface area contributed by atoms with Crippen molar-refractivity contribution in [2.75, 3.05) is 4.90 Å². The van der Waals surface area contributed by atoms with Crippen LogP contribution in [0.5, 0.6) is 0 Å². The lowest BCUT2D eigenvalue weighted by atomic mass is 10.1. The van der Waals surface area contributed by atoms with E-state index in [0.717, 1.165) is 39.4 Å². The van der Waals surface area contributed by atoms with Crippen LogP contribution in [0, 0.1) is 0 Å². The highest BCUT2D eigenvalue weighted by Crippen LogP contribution is 2.51. The Kier molecular flexibility index (Phi) is 3.67. The van der Waals surface area contributed by atoms with Crippen LogP contribution in [-0.4, -0.2) is 12.6 Å². The number of nitrogens with zero attached hydrogens (tertiary/aromatic N) is 1. The van der Waals surface area contributed by atoms with Crippen LogP contribution in [0.1, 0.15) is 20.7 Å². The van der Waals surface area contributed by atoms with E-state index in [1.165, 1.54) is 0 Å². The van der Waals surface area contributed by atoms with Crippen LogP contribution in [0.15, 0.2) is 76.5 Å². The summed E-state index contributed by atoms with van der Waals surface area (Å²) in [6.07, 6.45) is 1.70. The topological polar surface area (TPSA) is 37.4 Å². The lowest BCUT2D eigenvalue weighted by molar-refractivity contribution is 0.111. The molecule has 116 valence electrons. The van der Waals surface area contributed by atoms with Gasteiger partial charge in [0.1, 0.15) is 12.6 Å². The monoisotopic (exact) mass is 331 g/mol. The summed E-state index contributed by atoms with van der Waals surface area (Å²) in [5, 5.41) is 0. The van der Waals surface area contributed by atoms with Crippen molar-refractivity contribution in [3.8, 4) is 0 Å². The average Bonchev–Trinajstić information content (AvgIpc) is 2.65. The minimum Gasteiger partial charge on any atom is -0.308 e. The molecule has 0 unspecified atom stereocenters. The summed E-state index contributed by atoms with van der Waals surface area (Å²) in [6, 6.07) is 21.4. The van der Waals surface area contributed by atoms with Gasteiger partial charge >= 0.3 is 0 Å². The number of carbonyl (C=O) groups excluding carboxylic acids is 2. The highest BCUT2D eigenvalue weighted by molar-refractivity contribution is 7.99. The molecule has 1 aliphatic heterocycles. The van der Waals surface area contributed by atoms with Gasteiger partial charge in [-0.05, 0) is 48.5 Å². The third-order valence-electron chi connectivity index (χ3n) is 3.96. The number of carbonyl (C=O) groups is 2. The third kappa shape index (κ3) is 2.41. The maximum atomic E-state index is 11.1. The van der Waals surface area contributed by atoms with E-state index in [1.54, 1.807) is 11.8 Å². The zero-order chi connectivity index (χ0) is 16.5. The molecule has 3 aromatic rings. The summed E-state index contributed by atoms with van der Waals surface area (Å²) in [5.74, 6) is 0. The molecule has 0 aliphatic carbocycles. The van der Waals surface area contributed by atoms with Gasteiger partial charge in [-0.2, -0.15) is 0 Å². The second kappa shape index (κ2) is 5.98. The molecule has 4 rings (SSSR count). The minimum atomic E-state index is 0.643. The van der Waals surface area contributed by atoms with Crippen molar-refractivity contribution < 1.29 is 9.59 Å². The lowest BCUT2D eigenvalue weighted by Crippen LogP contribution is -2.15. The molecule has 0 bridgehead atoms. The summed E-state index contributed by atoms with van der Waals surface area (Å²) in [6.45, 7) is 0. The number of aldehydes is 2. The number of para-hydroxylation sites is 1. The van der Waals surface area contributed by atoms with E-state index in [9.17, 15) is 9.59 Å². The van der Waals surface area contributed by atoms with Crippen LogP contribution in [0.4, 0.5) is 17.1 Å². The van der Waals surface area contributed by atoms with Crippen LogP contribution < -0.4 is 4.90 Å². The highest BCUT2D eigenvalue weighted by atomic mass is 32.2. The first kappa shape index (κ1) is 14.7. The van der Waals surface area contributed by atoms with Crippen molar-refractivity contribution in [1.82, 2.24) is 0 Å². The molecule has 0 aromatic heterocycles. The van der Waals surface area contributed by atoms with Crippen molar-refractivity contribution in [3.05, 3.63) is 77.9 Å². The fraction of sp³-hybridized carbons (Fsp3) is 0. The van der Waals surface area contributed by atoms with E-state index in [2.05, 4.69) is 4.90 Å². The first-order valence-corrected chi connectivity index (χ1v) is 8.33. The molecule has 0 spiro atoms. The van der Waals surface area contributed by atoms with Gasteiger partial charge in [-0.1, -0.05) is 30.0 Å². The molecule has 0 saturated carbocycles. The molecule has 0 atom stereocenters. The van der Waals surface area contributed by atoms with Gasteiger partial charge in [0.05, 0.1) is 11.4 Å². The molecule has 0 amide bonds. The Bertz CT molecular complexity index is 880. The zero-order valence-corrected chi connectivity index (χ0v) is 13.5. The van der Waals surface area contributed by atoms with E-state index in [4.69, 9.17) is 0 Å². The van der Waals surface area contributed by atoms with Gasteiger partial charge < -0.3 is 4.90 Å². The normalized spacial score (nSPS) is 12.2. The van der Waals surface area contributed by atoms with E-state index in [0.29, 0.717) is 11.1 Å². The predicted molar refractivity (Wildman–Crippen MR) is 96.0 cm³/mol. The summed E-state index contributed by atoms with van der Waals surface area (Å²) in [5.41, 5.74) is 4.39. The Morgan fingerprint density at radius 3 is 1.75 bits per heavy atom. The Morgan fingerprint density at radius 2 is 1.25 bits per heavy atom. The van der Waals surface area contributed by atoms with Crippen LogP contribution >= 0.6 is 11.8 Å². The smallest absolute Gasteiger partial charge is 0.150 e. The fourth-order valence-corrected chi connectivity index (χ4v) is 4.00. The van der Waals surface area contributed by atoms with Crippen LogP contribution in [-0.2, 0) is 0 Å². The van der Waals surface area contributed by atoms with Crippen molar-refractivity contribution in [3.63, 3.8) is 0 Å². The highest BCUT2D eigenvalue weighted by Gasteiger charge is 2.25. The number of fused-ring (bicyclic) bond motifs is 2. The second-order valence-corrected chi connectivity index (χ2v) is 6.55. The van der Waals surface area contributed by atoms with Gasteiger partial charge in [-0.25, -0.2) is 0 Å². The van der Waals surface area contributed by atoms with Gasteiger partial charge in [-0.3, -0.25) is 9.59 Å². The number of anilines is 3. The summed E-state index contributed by atoms with van der Waals surface area (Å²) < 4.78 is 0. The van der Waals surface area contributed by atoms with Crippen molar-refractivity contribution in [2.45, 2.75) is 9.79 Å². The summed E-state index contributed by atoms with van der Waals surface area (Å²) in [4.78, 5) is 26.4. The molecule has 0 N–H and O–H groups in total. The van der Waals surface area contributed by atoms with Crippen molar-refractivity contribution in [2.24, 2.45) is 0 Å². The van der Waals surface area contributed by atoms with Crippen molar-refractivity contribution >= 4 is 41.4 Å².